The Bertz CT molecular complexity index is 866. The monoisotopic (exact) mass is 400 g/mol. The number of hydrogen-bond acceptors (Lipinski definition) is 5. The van der Waals surface area contributed by atoms with Crippen LogP contribution in [-0.4, -0.2) is 22.6 Å². The van der Waals surface area contributed by atoms with Crippen LogP contribution >= 0.6 is 12.4 Å². The number of rotatable bonds is 8. The lowest BCUT2D eigenvalue weighted by molar-refractivity contribution is -0.121. The third kappa shape index (κ3) is 5.90. The molecule has 7 heteroatoms. The lowest BCUT2D eigenvalue weighted by Crippen LogP contribution is -2.29. The van der Waals surface area contributed by atoms with E-state index in [-0.39, 0.29) is 30.8 Å². The summed E-state index contributed by atoms with van der Waals surface area (Å²) in [5.41, 5.74) is 9.07. The Labute approximate surface area is 170 Å². The van der Waals surface area contributed by atoms with Crippen LogP contribution in [0.3, 0.4) is 0 Å². The number of carbonyl (C=O) groups excluding carboxylic acids is 1. The summed E-state index contributed by atoms with van der Waals surface area (Å²) in [6, 6.07) is 17.3. The molecule has 1 atom stereocenters. The number of nitrogens with zero attached hydrogens (tertiary/aromatic N) is 2. The van der Waals surface area contributed by atoms with Crippen LogP contribution in [0.15, 0.2) is 59.1 Å². The van der Waals surface area contributed by atoms with Gasteiger partial charge >= 0.3 is 0 Å². The summed E-state index contributed by atoms with van der Waals surface area (Å²) in [7, 11) is 0. The van der Waals surface area contributed by atoms with Gasteiger partial charge in [-0.05, 0) is 29.7 Å². The van der Waals surface area contributed by atoms with E-state index in [0.29, 0.717) is 18.3 Å². The molecule has 3 aromatic rings. The van der Waals surface area contributed by atoms with Gasteiger partial charge in [0.15, 0.2) is 5.82 Å². The first kappa shape index (κ1) is 21.6. The van der Waals surface area contributed by atoms with E-state index in [1.165, 1.54) is 0 Å². The molecule has 3 rings (SSSR count). The largest absolute Gasteiger partial charge is 0.356 e. The number of halogens is 1. The molecule has 0 aliphatic heterocycles. The zero-order valence-corrected chi connectivity index (χ0v) is 16.6. The molecule has 0 saturated carbocycles. The quantitative estimate of drug-likeness (QED) is 0.603. The Hall–Kier alpha value is -2.70. The summed E-state index contributed by atoms with van der Waals surface area (Å²) in [4.78, 5) is 16.4. The van der Waals surface area contributed by atoms with Gasteiger partial charge in [-0.2, -0.15) is 4.98 Å². The van der Waals surface area contributed by atoms with Crippen molar-refractivity contribution in [2.24, 2.45) is 5.73 Å². The predicted molar refractivity (Wildman–Crippen MR) is 111 cm³/mol. The number of nitrogens with two attached hydrogens (primary N) is 1. The molecule has 2 aromatic carbocycles. The Morgan fingerprint density at radius 2 is 1.86 bits per heavy atom. The van der Waals surface area contributed by atoms with Crippen LogP contribution in [0.2, 0.25) is 0 Å². The molecule has 148 valence electrons. The van der Waals surface area contributed by atoms with Gasteiger partial charge in [-0.25, -0.2) is 0 Å². The Morgan fingerprint density at radius 3 is 2.50 bits per heavy atom. The van der Waals surface area contributed by atoms with E-state index in [0.717, 1.165) is 29.5 Å². The van der Waals surface area contributed by atoms with E-state index >= 15 is 0 Å². The first-order valence-electron chi connectivity index (χ1n) is 9.15. The van der Waals surface area contributed by atoms with Crippen molar-refractivity contribution in [3.63, 3.8) is 0 Å². The van der Waals surface area contributed by atoms with Crippen LogP contribution in [0, 0.1) is 0 Å². The van der Waals surface area contributed by atoms with Gasteiger partial charge in [-0.3, -0.25) is 4.79 Å². The van der Waals surface area contributed by atoms with Crippen molar-refractivity contribution in [3.8, 4) is 11.5 Å². The summed E-state index contributed by atoms with van der Waals surface area (Å²) < 4.78 is 5.24. The van der Waals surface area contributed by atoms with Gasteiger partial charge in [0.2, 0.25) is 5.91 Å². The van der Waals surface area contributed by atoms with E-state index < -0.39 is 0 Å². The highest BCUT2D eigenvalue weighted by atomic mass is 35.5. The van der Waals surface area contributed by atoms with E-state index in [1.807, 2.05) is 61.5 Å². The van der Waals surface area contributed by atoms with Crippen molar-refractivity contribution in [2.45, 2.75) is 32.2 Å². The molecule has 28 heavy (non-hydrogen) atoms. The fraction of sp³-hybridized carbons (Fsp3) is 0.286. The maximum atomic E-state index is 12.1. The third-order valence-electron chi connectivity index (χ3n) is 4.35. The average molecular weight is 401 g/mol. The van der Waals surface area contributed by atoms with E-state index in [2.05, 4.69) is 15.5 Å². The lowest BCUT2D eigenvalue weighted by atomic mass is 10.0. The van der Waals surface area contributed by atoms with Crippen molar-refractivity contribution in [3.05, 3.63) is 71.5 Å². The highest BCUT2D eigenvalue weighted by molar-refractivity contribution is 5.85. The number of amides is 1. The van der Waals surface area contributed by atoms with Gasteiger partial charge in [-0.15, -0.1) is 12.4 Å². The molecule has 0 spiro atoms. The van der Waals surface area contributed by atoms with Gasteiger partial charge < -0.3 is 15.6 Å². The van der Waals surface area contributed by atoms with E-state index in [1.54, 1.807) is 0 Å². The zero-order valence-electron chi connectivity index (χ0n) is 15.8. The van der Waals surface area contributed by atoms with Crippen molar-refractivity contribution >= 4 is 18.3 Å². The van der Waals surface area contributed by atoms with Crippen molar-refractivity contribution in [1.82, 2.24) is 15.5 Å². The fourth-order valence-corrected chi connectivity index (χ4v) is 2.77. The molecule has 1 heterocycles. The first-order valence-corrected chi connectivity index (χ1v) is 9.15. The molecule has 1 aromatic heterocycles. The minimum atomic E-state index is -0.284. The van der Waals surface area contributed by atoms with Gasteiger partial charge in [-0.1, -0.05) is 54.5 Å². The third-order valence-corrected chi connectivity index (χ3v) is 4.35. The standard InChI is InChI=1S/C21H24N4O2.ClH/c1-2-19-24-21(27-25-19)17-10-8-15(9-11-17)12-13-23-20(26)14-18(22)16-6-4-3-5-7-16;/h3-11,18H,2,12-14,22H2,1H3,(H,23,26);1H. The fourth-order valence-electron chi connectivity index (χ4n) is 2.77. The summed E-state index contributed by atoms with van der Waals surface area (Å²) in [5.74, 6) is 1.19. The van der Waals surface area contributed by atoms with Crippen LogP contribution < -0.4 is 11.1 Å². The first-order chi connectivity index (χ1) is 13.2. The Morgan fingerprint density at radius 1 is 1.14 bits per heavy atom. The van der Waals surface area contributed by atoms with Crippen LogP contribution in [0.5, 0.6) is 0 Å². The Kier molecular flexibility index (Phi) is 8.17. The number of aromatic nitrogens is 2. The molecule has 1 unspecified atom stereocenters. The molecule has 0 fully saturated rings. The molecule has 0 saturated heterocycles. The smallest absolute Gasteiger partial charge is 0.257 e. The number of carbonyl (C=O) groups is 1. The minimum Gasteiger partial charge on any atom is -0.356 e. The lowest BCUT2D eigenvalue weighted by Gasteiger charge is -2.12. The SMILES string of the molecule is CCc1noc(-c2ccc(CCNC(=O)CC(N)c3ccccc3)cc2)n1.Cl. The maximum absolute atomic E-state index is 12.1. The minimum absolute atomic E-state index is 0. The summed E-state index contributed by atoms with van der Waals surface area (Å²) in [6.07, 6.45) is 1.77. The number of aryl methyl sites for hydroxylation is 1. The molecule has 6 nitrogen and oxygen atoms in total. The topological polar surface area (TPSA) is 94.0 Å². The predicted octanol–water partition coefficient (Wildman–Crippen LogP) is 3.47. The normalized spacial score (nSPS) is 11.5. The van der Waals surface area contributed by atoms with Crippen molar-refractivity contribution < 1.29 is 9.32 Å². The maximum Gasteiger partial charge on any atom is 0.257 e. The van der Waals surface area contributed by atoms with Crippen molar-refractivity contribution in [1.29, 1.82) is 0 Å². The number of benzene rings is 2. The van der Waals surface area contributed by atoms with Gasteiger partial charge in [0, 0.05) is 31.0 Å². The van der Waals surface area contributed by atoms with Crippen LogP contribution in [0.1, 0.15) is 36.3 Å². The second kappa shape index (κ2) is 10.6. The summed E-state index contributed by atoms with van der Waals surface area (Å²) in [5, 5.41) is 6.83. The number of nitrogens with one attached hydrogen (secondary N) is 1. The summed E-state index contributed by atoms with van der Waals surface area (Å²) >= 11 is 0. The number of hydrogen-bond donors (Lipinski definition) is 2. The summed E-state index contributed by atoms with van der Waals surface area (Å²) in [6.45, 7) is 2.55. The molecule has 0 bridgehead atoms. The zero-order chi connectivity index (χ0) is 19.1. The molecule has 0 aliphatic rings. The second-order valence-electron chi connectivity index (χ2n) is 6.39. The van der Waals surface area contributed by atoms with E-state index in [4.69, 9.17) is 10.3 Å². The highest BCUT2D eigenvalue weighted by Gasteiger charge is 2.11. The van der Waals surface area contributed by atoms with Crippen molar-refractivity contribution in [2.75, 3.05) is 6.54 Å². The average Bonchev–Trinajstić information content (AvgIpc) is 3.18. The molecule has 0 aliphatic carbocycles. The Balaban J connectivity index is 0.00000280. The highest BCUT2D eigenvalue weighted by Crippen LogP contribution is 2.18. The van der Waals surface area contributed by atoms with Gasteiger partial charge in [0.05, 0.1) is 0 Å². The molecular weight excluding hydrogens is 376 g/mol. The van der Waals surface area contributed by atoms with Gasteiger partial charge in [0.25, 0.3) is 5.89 Å². The molecule has 1 amide bonds. The van der Waals surface area contributed by atoms with Crippen LogP contribution in [0.4, 0.5) is 0 Å². The van der Waals surface area contributed by atoms with Crippen LogP contribution in [0.25, 0.3) is 11.5 Å². The molecule has 0 radical (unpaired) electrons. The van der Waals surface area contributed by atoms with E-state index in [9.17, 15) is 4.79 Å². The second-order valence-corrected chi connectivity index (χ2v) is 6.39. The van der Waals surface area contributed by atoms with Gasteiger partial charge in [0.1, 0.15) is 0 Å². The molecule has 3 N–H and O–H groups in total. The van der Waals surface area contributed by atoms with Crippen LogP contribution in [-0.2, 0) is 17.6 Å². The molecular formula is C21H25ClN4O2.